The van der Waals surface area contributed by atoms with Crippen molar-refractivity contribution in [2.75, 3.05) is 11.3 Å². The van der Waals surface area contributed by atoms with Crippen LogP contribution in [-0.2, 0) is 14.8 Å². The van der Waals surface area contributed by atoms with Crippen molar-refractivity contribution < 1.29 is 32.6 Å². The van der Waals surface area contributed by atoms with Gasteiger partial charge in [-0.3, -0.25) is 0 Å². The van der Waals surface area contributed by atoms with Gasteiger partial charge in [0.05, 0.1) is 22.2 Å². The van der Waals surface area contributed by atoms with Crippen LogP contribution in [0.5, 0.6) is 5.88 Å². The van der Waals surface area contributed by atoms with E-state index in [1.165, 1.54) is 18.2 Å². The zero-order valence-corrected chi connectivity index (χ0v) is 25.8. The Hall–Kier alpha value is -4.19. The second-order valence-electron chi connectivity index (χ2n) is 11.8. The summed E-state index contributed by atoms with van der Waals surface area (Å²) in [5, 5.41) is 12.2. The molecule has 2 aromatic carbocycles. The number of ether oxygens (including phenoxy) is 2. The Labute approximate surface area is 252 Å². The van der Waals surface area contributed by atoms with Gasteiger partial charge in [0, 0.05) is 11.6 Å². The normalized spacial score (nSPS) is 14.3. The van der Waals surface area contributed by atoms with Crippen molar-refractivity contribution >= 4 is 28.0 Å². The molecule has 12 heteroatoms. The molecule has 1 atom stereocenters. The van der Waals surface area contributed by atoms with Gasteiger partial charge in [-0.15, -0.1) is 0 Å². The molecule has 1 fully saturated rings. The molecule has 0 spiro atoms. The van der Waals surface area contributed by atoms with E-state index in [-0.39, 0.29) is 34.9 Å². The first kappa shape index (κ1) is 31.7. The molecule has 1 amide bonds. The Morgan fingerprint density at radius 1 is 1.05 bits per heavy atom. The van der Waals surface area contributed by atoms with E-state index in [0.717, 1.165) is 42.0 Å². The van der Waals surface area contributed by atoms with Crippen molar-refractivity contribution in [1.29, 1.82) is 0 Å². The summed E-state index contributed by atoms with van der Waals surface area (Å²) in [7, 11) is -4.25. The van der Waals surface area contributed by atoms with Crippen LogP contribution in [0.4, 0.5) is 10.7 Å². The summed E-state index contributed by atoms with van der Waals surface area (Å²) in [4.78, 5) is 32.5. The van der Waals surface area contributed by atoms with Crippen LogP contribution in [0.15, 0.2) is 53.4 Å². The summed E-state index contributed by atoms with van der Waals surface area (Å²) in [6, 6.07) is 12.0. The van der Waals surface area contributed by atoms with E-state index in [0.29, 0.717) is 18.0 Å². The second kappa shape index (κ2) is 13.0. The maximum absolute atomic E-state index is 13.2. The molecule has 0 radical (unpaired) electrons. The minimum absolute atomic E-state index is 0.0752. The summed E-state index contributed by atoms with van der Waals surface area (Å²) in [6.07, 6.45) is 3.45. The van der Waals surface area contributed by atoms with E-state index in [1.807, 2.05) is 32.0 Å². The number of anilines is 1. The van der Waals surface area contributed by atoms with Crippen LogP contribution in [0, 0.1) is 19.8 Å². The first-order chi connectivity index (χ1) is 20.2. The average molecular weight is 611 g/mol. The van der Waals surface area contributed by atoms with Gasteiger partial charge in [0.2, 0.25) is 11.8 Å². The monoisotopic (exact) mass is 610 g/mol. The molecular formula is C31H38N4O7S. The van der Waals surface area contributed by atoms with Crippen LogP contribution in [0.25, 0.3) is 11.3 Å². The number of carbonyl (C=O) groups excluding carboxylic acids is 1. The second-order valence-corrected chi connectivity index (χ2v) is 13.5. The van der Waals surface area contributed by atoms with Crippen LogP contribution < -0.4 is 14.8 Å². The zero-order chi connectivity index (χ0) is 31.4. The van der Waals surface area contributed by atoms with Gasteiger partial charge < -0.3 is 19.9 Å². The van der Waals surface area contributed by atoms with Crippen LogP contribution in [0.3, 0.4) is 0 Å². The van der Waals surface area contributed by atoms with Gasteiger partial charge in [0.15, 0.2) is 0 Å². The third-order valence-corrected chi connectivity index (χ3v) is 8.38. The number of carbonyl (C=O) groups is 2. The summed E-state index contributed by atoms with van der Waals surface area (Å²) < 4.78 is 40.4. The average Bonchev–Trinajstić information content (AvgIpc) is 2.87. The predicted molar refractivity (Wildman–Crippen MR) is 162 cm³/mol. The topological polar surface area (TPSA) is 157 Å². The van der Waals surface area contributed by atoms with Crippen molar-refractivity contribution in [1.82, 2.24) is 15.3 Å². The molecule has 1 aliphatic rings. The third-order valence-electron chi connectivity index (χ3n) is 7.05. The third kappa shape index (κ3) is 8.66. The maximum Gasteiger partial charge on any atom is 0.407 e. The quantitative estimate of drug-likeness (QED) is 0.247. The van der Waals surface area contributed by atoms with Crippen LogP contribution >= 0.6 is 0 Å². The van der Waals surface area contributed by atoms with E-state index in [4.69, 9.17) is 9.47 Å². The molecule has 1 aromatic heterocycles. The lowest BCUT2D eigenvalue weighted by Gasteiger charge is -2.30. The number of nitrogens with one attached hydrogen (secondary N) is 2. The molecule has 3 N–H and O–H groups in total. The number of aromatic nitrogens is 2. The van der Waals surface area contributed by atoms with E-state index >= 15 is 0 Å². The zero-order valence-electron chi connectivity index (χ0n) is 25.0. The molecule has 1 saturated carbocycles. The fourth-order valence-corrected chi connectivity index (χ4v) is 5.82. The minimum Gasteiger partial charge on any atom is -0.478 e. The molecule has 0 bridgehead atoms. The lowest BCUT2D eigenvalue weighted by atomic mass is 9.81. The Morgan fingerprint density at radius 2 is 1.72 bits per heavy atom. The van der Waals surface area contributed by atoms with Gasteiger partial charge in [-0.2, -0.15) is 4.98 Å². The van der Waals surface area contributed by atoms with Gasteiger partial charge >= 0.3 is 12.1 Å². The van der Waals surface area contributed by atoms with Gasteiger partial charge in [-0.25, -0.2) is 27.7 Å². The van der Waals surface area contributed by atoms with E-state index in [2.05, 4.69) is 20.0 Å². The van der Waals surface area contributed by atoms with Gasteiger partial charge in [0.1, 0.15) is 12.2 Å². The van der Waals surface area contributed by atoms with E-state index < -0.39 is 27.7 Å². The summed E-state index contributed by atoms with van der Waals surface area (Å²) in [5.41, 5.74) is 2.24. The van der Waals surface area contributed by atoms with Gasteiger partial charge in [0.25, 0.3) is 10.0 Å². The highest BCUT2D eigenvalue weighted by Crippen LogP contribution is 2.32. The largest absolute Gasteiger partial charge is 0.478 e. The number of carboxylic acids is 1. The number of amides is 1. The number of aromatic carboxylic acids is 1. The van der Waals surface area contributed by atoms with Crippen molar-refractivity contribution in [3.05, 3.63) is 65.2 Å². The molecular weight excluding hydrogens is 572 g/mol. The molecule has 1 heterocycles. The van der Waals surface area contributed by atoms with Crippen molar-refractivity contribution in [2.24, 2.45) is 5.92 Å². The number of alkyl carbamates (subject to hydrolysis) is 1. The SMILES string of the molecule is Cc1cccc(C)c1-c1cc(OCC(CC2CCC2)NC(=O)OC(C)(C)C)nc(NS(=O)(=O)c2cccc(C(=O)O)c2)n1. The summed E-state index contributed by atoms with van der Waals surface area (Å²) in [5.74, 6) is -0.929. The fraction of sp³-hybridized carbons (Fsp3) is 0.419. The Balaban J connectivity index is 1.65. The minimum atomic E-state index is -4.25. The van der Waals surface area contributed by atoms with Crippen LogP contribution in [0.1, 0.15) is 67.9 Å². The number of hydrogen-bond donors (Lipinski definition) is 3. The van der Waals surface area contributed by atoms with E-state index in [9.17, 15) is 23.1 Å². The van der Waals surface area contributed by atoms with Gasteiger partial charge in [-0.1, -0.05) is 43.5 Å². The standard InChI is InChI=1S/C31H38N4O7S/c1-19-9-6-10-20(2)27(19)25-17-26(41-18-23(15-21-11-7-12-21)32-30(38)42-31(3,4)5)34-29(33-25)35-43(39,40)24-14-8-13-22(16-24)28(36)37/h6,8-10,13-14,16-17,21,23H,7,11-12,15,18H2,1-5H3,(H,32,38)(H,36,37)(H,33,34,35). The Morgan fingerprint density at radius 3 is 2.33 bits per heavy atom. The highest BCUT2D eigenvalue weighted by atomic mass is 32.2. The summed E-state index contributed by atoms with van der Waals surface area (Å²) >= 11 is 0. The lowest BCUT2D eigenvalue weighted by Crippen LogP contribution is -2.43. The number of aryl methyl sites for hydroxylation is 2. The highest BCUT2D eigenvalue weighted by molar-refractivity contribution is 7.92. The molecule has 1 unspecified atom stereocenters. The van der Waals surface area contributed by atoms with Crippen LogP contribution in [0.2, 0.25) is 0 Å². The number of carboxylic acid groups (broad SMARTS) is 1. The Bertz CT molecular complexity index is 1580. The molecule has 0 saturated heterocycles. The molecule has 0 aliphatic heterocycles. The number of benzene rings is 2. The first-order valence-corrected chi connectivity index (χ1v) is 15.6. The van der Waals surface area contributed by atoms with Crippen molar-refractivity contribution in [3.8, 4) is 17.1 Å². The maximum atomic E-state index is 13.2. The lowest BCUT2D eigenvalue weighted by molar-refractivity contribution is 0.0469. The van der Waals surface area contributed by atoms with Crippen molar-refractivity contribution in [3.63, 3.8) is 0 Å². The molecule has 3 aromatic rings. The number of rotatable bonds is 11. The number of sulfonamides is 1. The number of hydrogen-bond acceptors (Lipinski definition) is 8. The Kier molecular flexibility index (Phi) is 9.59. The smallest absolute Gasteiger partial charge is 0.407 e. The van der Waals surface area contributed by atoms with Gasteiger partial charge in [-0.05, 0) is 76.3 Å². The molecule has 4 rings (SSSR count). The first-order valence-electron chi connectivity index (χ1n) is 14.1. The molecule has 11 nitrogen and oxygen atoms in total. The van der Waals surface area contributed by atoms with Crippen molar-refractivity contribution in [2.45, 2.75) is 76.8 Å². The highest BCUT2D eigenvalue weighted by Gasteiger charge is 2.26. The molecule has 43 heavy (non-hydrogen) atoms. The van der Waals surface area contributed by atoms with Crippen LogP contribution in [-0.4, -0.2) is 53.8 Å². The summed E-state index contributed by atoms with van der Waals surface area (Å²) in [6.45, 7) is 9.30. The fourth-order valence-electron chi connectivity index (χ4n) is 4.83. The molecule has 1 aliphatic carbocycles. The number of nitrogens with zero attached hydrogens (tertiary/aromatic N) is 2. The predicted octanol–water partition coefficient (Wildman–Crippen LogP) is 5.72. The van der Waals surface area contributed by atoms with E-state index in [1.54, 1.807) is 26.8 Å². The molecule has 230 valence electrons.